The predicted octanol–water partition coefficient (Wildman–Crippen LogP) is 2.23. The number of hydrogen-bond donors (Lipinski definition) is 2. The van der Waals surface area contributed by atoms with Gasteiger partial charge in [0.25, 0.3) is 11.8 Å². The zero-order valence-electron chi connectivity index (χ0n) is 13.1. The van der Waals surface area contributed by atoms with Crippen LogP contribution in [0.5, 0.6) is 0 Å². The number of thioether (sulfide) groups is 1. The van der Waals surface area contributed by atoms with Crippen molar-refractivity contribution < 1.29 is 19.5 Å². The van der Waals surface area contributed by atoms with Crippen molar-refractivity contribution in [3.63, 3.8) is 0 Å². The van der Waals surface area contributed by atoms with E-state index in [-0.39, 0.29) is 22.1 Å². The van der Waals surface area contributed by atoms with Crippen LogP contribution >= 0.6 is 23.1 Å². The van der Waals surface area contributed by atoms with Gasteiger partial charge in [0.15, 0.2) is 0 Å². The van der Waals surface area contributed by atoms with Gasteiger partial charge in [-0.15, -0.1) is 11.8 Å². The number of carboxylic acids is 1. The Morgan fingerprint density at radius 1 is 1.20 bits per heavy atom. The van der Waals surface area contributed by atoms with Crippen LogP contribution in [0.3, 0.4) is 0 Å². The van der Waals surface area contributed by atoms with Gasteiger partial charge in [0.05, 0.1) is 11.1 Å². The minimum atomic E-state index is -1.23. The van der Waals surface area contributed by atoms with E-state index in [9.17, 15) is 19.5 Å². The molecule has 2 amide bonds. The summed E-state index contributed by atoms with van der Waals surface area (Å²) in [5.74, 6) is -2.25. The van der Waals surface area contributed by atoms with Crippen molar-refractivity contribution in [2.75, 3.05) is 12.3 Å². The molecule has 1 aliphatic rings. The average molecular weight is 376 g/mol. The summed E-state index contributed by atoms with van der Waals surface area (Å²) in [6, 6.07) is 7.08. The molecule has 2 unspecified atom stereocenters. The third-order valence-corrected chi connectivity index (χ3v) is 6.08. The van der Waals surface area contributed by atoms with Crippen LogP contribution in [0, 0.1) is 0 Å². The van der Waals surface area contributed by atoms with Gasteiger partial charge in [-0.2, -0.15) is 11.3 Å². The molecule has 0 radical (unpaired) electrons. The molecule has 2 atom stereocenters. The van der Waals surface area contributed by atoms with Gasteiger partial charge in [-0.3, -0.25) is 14.5 Å². The highest BCUT2D eigenvalue weighted by molar-refractivity contribution is 7.99. The molecule has 3 N–H and O–H groups in total. The van der Waals surface area contributed by atoms with Crippen LogP contribution in [-0.4, -0.2) is 46.1 Å². The van der Waals surface area contributed by atoms with Crippen molar-refractivity contribution in [3.8, 4) is 0 Å². The molecule has 0 saturated carbocycles. The van der Waals surface area contributed by atoms with Crippen molar-refractivity contribution in [2.24, 2.45) is 5.73 Å². The lowest BCUT2D eigenvalue weighted by Gasteiger charge is -2.24. The van der Waals surface area contributed by atoms with Crippen LogP contribution in [0.1, 0.15) is 31.5 Å². The second-order valence-corrected chi connectivity index (χ2v) is 7.51. The van der Waals surface area contributed by atoms with Crippen LogP contribution in [0.2, 0.25) is 0 Å². The van der Waals surface area contributed by atoms with Gasteiger partial charge in [-0.1, -0.05) is 12.1 Å². The first-order chi connectivity index (χ1) is 12.0. The van der Waals surface area contributed by atoms with Crippen LogP contribution in [-0.2, 0) is 4.79 Å². The Balaban J connectivity index is 1.80. The molecule has 0 bridgehead atoms. The fraction of sp³-hybridized carbons (Fsp3) is 0.235. The van der Waals surface area contributed by atoms with E-state index in [1.807, 2.05) is 16.8 Å². The smallest absolute Gasteiger partial charge is 0.327 e. The van der Waals surface area contributed by atoms with Gasteiger partial charge in [0, 0.05) is 17.5 Å². The molecule has 25 heavy (non-hydrogen) atoms. The number of carbonyl (C=O) groups excluding carboxylic acids is 2. The van der Waals surface area contributed by atoms with E-state index in [4.69, 9.17) is 5.73 Å². The maximum atomic E-state index is 12.5. The van der Waals surface area contributed by atoms with E-state index in [0.29, 0.717) is 6.54 Å². The lowest BCUT2D eigenvalue weighted by molar-refractivity contribution is -0.140. The van der Waals surface area contributed by atoms with Crippen LogP contribution in [0.25, 0.3) is 0 Å². The van der Waals surface area contributed by atoms with E-state index < -0.39 is 23.8 Å². The number of rotatable bonds is 7. The summed E-state index contributed by atoms with van der Waals surface area (Å²) in [6.45, 7) is 0.343. The Hall–Kier alpha value is -2.16. The quantitative estimate of drug-likeness (QED) is 0.719. The molecule has 0 spiro atoms. The SMILES string of the molecule is NCC(SCC(C(=O)O)N1C(=O)c2ccccc2C1=O)c1ccsc1. The number of thiophene rings is 1. The average Bonchev–Trinajstić information content (AvgIpc) is 3.21. The number of nitrogens with zero attached hydrogens (tertiary/aromatic N) is 1. The topological polar surface area (TPSA) is 101 Å². The molecule has 3 rings (SSSR count). The van der Waals surface area contributed by atoms with Crippen LogP contribution in [0.15, 0.2) is 41.1 Å². The highest BCUT2D eigenvalue weighted by atomic mass is 32.2. The number of carbonyl (C=O) groups is 3. The molecule has 0 aliphatic carbocycles. The number of amides is 2. The van der Waals surface area contributed by atoms with Crippen LogP contribution < -0.4 is 5.73 Å². The highest BCUT2D eigenvalue weighted by Gasteiger charge is 2.42. The lowest BCUT2D eigenvalue weighted by atomic mass is 10.1. The second-order valence-electron chi connectivity index (χ2n) is 5.49. The highest BCUT2D eigenvalue weighted by Crippen LogP contribution is 2.32. The largest absolute Gasteiger partial charge is 0.480 e. The molecular formula is C17H16N2O4S2. The maximum absolute atomic E-state index is 12.5. The Bertz CT molecular complexity index is 772. The second kappa shape index (κ2) is 7.38. The van der Waals surface area contributed by atoms with Gasteiger partial charge in [-0.05, 0) is 34.5 Å². The van der Waals surface area contributed by atoms with Gasteiger partial charge >= 0.3 is 5.97 Å². The molecule has 1 aromatic carbocycles. The standard InChI is InChI=1S/C17H16N2O4S2/c18-7-14(10-5-6-24-8-10)25-9-13(17(22)23)19-15(20)11-3-1-2-4-12(11)16(19)21/h1-6,8,13-14H,7,9,18H2,(H,22,23). The Morgan fingerprint density at radius 2 is 1.84 bits per heavy atom. The number of benzene rings is 1. The maximum Gasteiger partial charge on any atom is 0.327 e. The molecule has 1 aromatic heterocycles. The molecule has 2 aromatic rings. The van der Waals surface area contributed by atoms with Gasteiger partial charge in [-0.25, -0.2) is 4.79 Å². The first-order valence-electron chi connectivity index (χ1n) is 7.58. The van der Waals surface area contributed by atoms with Gasteiger partial charge in [0.2, 0.25) is 0 Å². The number of imide groups is 1. The Labute approximate surface area is 152 Å². The molecule has 0 fully saturated rings. The lowest BCUT2D eigenvalue weighted by Crippen LogP contribution is -2.46. The zero-order chi connectivity index (χ0) is 18.0. The summed E-state index contributed by atoms with van der Waals surface area (Å²) in [4.78, 5) is 37.6. The van der Waals surface area contributed by atoms with Gasteiger partial charge in [0.1, 0.15) is 6.04 Å². The summed E-state index contributed by atoms with van der Waals surface area (Å²) < 4.78 is 0. The summed E-state index contributed by atoms with van der Waals surface area (Å²) in [7, 11) is 0. The Morgan fingerprint density at radius 3 is 2.32 bits per heavy atom. The minimum Gasteiger partial charge on any atom is -0.480 e. The molecule has 6 nitrogen and oxygen atoms in total. The fourth-order valence-corrected chi connectivity index (χ4v) is 4.69. The first-order valence-corrected chi connectivity index (χ1v) is 9.57. The molecule has 130 valence electrons. The minimum absolute atomic E-state index is 0.0803. The molecule has 0 saturated heterocycles. The zero-order valence-corrected chi connectivity index (χ0v) is 14.8. The summed E-state index contributed by atoms with van der Waals surface area (Å²) in [6.07, 6.45) is 0. The van der Waals surface area contributed by atoms with Crippen molar-refractivity contribution in [3.05, 3.63) is 57.8 Å². The first kappa shape index (κ1) is 17.7. The molecule has 2 heterocycles. The van der Waals surface area contributed by atoms with Crippen LogP contribution in [0.4, 0.5) is 0 Å². The summed E-state index contributed by atoms with van der Waals surface area (Å²) in [5.41, 5.74) is 7.30. The van der Waals surface area contributed by atoms with E-state index in [2.05, 4.69) is 0 Å². The fourth-order valence-electron chi connectivity index (χ4n) is 2.71. The van der Waals surface area contributed by atoms with E-state index in [1.54, 1.807) is 12.1 Å². The third-order valence-electron chi connectivity index (χ3n) is 4.01. The molecular weight excluding hydrogens is 360 g/mol. The number of hydrogen-bond acceptors (Lipinski definition) is 6. The number of nitrogens with two attached hydrogens (primary N) is 1. The van der Waals surface area contributed by atoms with E-state index >= 15 is 0 Å². The summed E-state index contributed by atoms with van der Waals surface area (Å²) in [5, 5.41) is 13.4. The monoisotopic (exact) mass is 376 g/mol. The van der Waals surface area contributed by atoms with Crippen molar-refractivity contribution in [1.29, 1.82) is 0 Å². The molecule has 1 aliphatic heterocycles. The third kappa shape index (κ3) is 3.33. The Kier molecular flexibility index (Phi) is 5.22. The number of aliphatic carboxylic acids is 1. The number of fused-ring (bicyclic) bond motifs is 1. The number of carboxylic acid groups (broad SMARTS) is 1. The van der Waals surface area contributed by atoms with Crippen molar-refractivity contribution >= 4 is 40.9 Å². The normalized spacial score (nSPS) is 16.0. The van der Waals surface area contributed by atoms with Gasteiger partial charge < -0.3 is 10.8 Å². The predicted molar refractivity (Wildman–Crippen MR) is 96.9 cm³/mol. The van der Waals surface area contributed by atoms with E-state index in [1.165, 1.54) is 35.2 Å². The van der Waals surface area contributed by atoms with E-state index in [0.717, 1.165) is 10.5 Å². The van der Waals surface area contributed by atoms with Crippen molar-refractivity contribution in [2.45, 2.75) is 11.3 Å². The summed E-state index contributed by atoms with van der Waals surface area (Å²) >= 11 is 2.88. The molecule has 8 heteroatoms. The van der Waals surface area contributed by atoms with Crippen molar-refractivity contribution in [1.82, 2.24) is 4.90 Å².